The predicted molar refractivity (Wildman–Crippen MR) is 42.2 cm³/mol. The SMILES string of the molecule is COC(=O)c1cc([N+](=O)[O-])ccn1. The van der Waals surface area contributed by atoms with Crippen LogP contribution >= 0.6 is 0 Å². The number of hydrogen-bond acceptors (Lipinski definition) is 5. The average molecular weight is 182 g/mol. The van der Waals surface area contributed by atoms with Crippen molar-refractivity contribution in [2.75, 3.05) is 7.11 Å². The van der Waals surface area contributed by atoms with Gasteiger partial charge < -0.3 is 4.74 Å². The number of nitro groups is 1. The summed E-state index contributed by atoms with van der Waals surface area (Å²) in [6.07, 6.45) is 1.18. The molecule has 0 saturated carbocycles. The minimum absolute atomic E-state index is 0.0725. The average Bonchev–Trinajstić information content (AvgIpc) is 2.17. The molecular weight excluding hydrogens is 176 g/mol. The fourth-order valence-electron chi connectivity index (χ4n) is 0.749. The van der Waals surface area contributed by atoms with E-state index in [0.717, 1.165) is 6.07 Å². The molecule has 1 aromatic rings. The number of pyridine rings is 1. The number of methoxy groups -OCH3 is 1. The molecule has 0 radical (unpaired) electrons. The number of nitrogens with zero attached hydrogens (tertiary/aromatic N) is 2. The largest absolute Gasteiger partial charge is 0.464 e. The van der Waals surface area contributed by atoms with Gasteiger partial charge in [-0.2, -0.15) is 0 Å². The summed E-state index contributed by atoms with van der Waals surface area (Å²) < 4.78 is 4.35. The lowest BCUT2D eigenvalue weighted by Crippen LogP contribution is -2.04. The molecule has 0 unspecified atom stereocenters. The van der Waals surface area contributed by atoms with Crippen molar-refractivity contribution >= 4 is 11.7 Å². The number of aromatic nitrogens is 1. The minimum Gasteiger partial charge on any atom is -0.464 e. The zero-order valence-electron chi connectivity index (χ0n) is 6.76. The molecule has 1 aromatic heterocycles. The lowest BCUT2D eigenvalue weighted by atomic mass is 10.3. The molecule has 0 aliphatic rings. The van der Waals surface area contributed by atoms with Gasteiger partial charge in [0.15, 0.2) is 5.69 Å². The van der Waals surface area contributed by atoms with E-state index in [0.29, 0.717) is 0 Å². The van der Waals surface area contributed by atoms with E-state index in [1.165, 1.54) is 19.4 Å². The van der Waals surface area contributed by atoms with E-state index in [1.54, 1.807) is 0 Å². The van der Waals surface area contributed by atoms with Crippen LogP contribution in [0.5, 0.6) is 0 Å². The normalized spacial score (nSPS) is 9.31. The zero-order chi connectivity index (χ0) is 9.84. The van der Waals surface area contributed by atoms with Crippen molar-refractivity contribution in [1.29, 1.82) is 0 Å². The lowest BCUT2D eigenvalue weighted by molar-refractivity contribution is -0.385. The summed E-state index contributed by atoms with van der Waals surface area (Å²) in [5, 5.41) is 10.3. The van der Waals surface area contributed by atoms with Crippen LogP contribution in [0, 0.1) is 10.1 Å². The Kier molecular flexibility index (Phi) is 2.53. The summed E-state index contributed by atoms with van der Waals surface area (Å²) in [4.78, 5) is 24.2. The van der Waals surface area contributed by atoms with Gasteiger partial charge in [-0.15, -0.1) is 0 Å². The van der Waals surface area contributed by atoms with E-state index < -0.39 is 10.9 Å². The molecule has 0 bridgehead atoms. The van der Waals surface area contributed by atoms with Gasteiger partial charge in [-0.1, -0.05) is 0 Å². The second-order valence-corrected chi connectivity index (χ2v) is 2.15. The van der Waals surface area contributed by atoms with Crippen molar-refractivity contribution < 1.29 is 14.5 Å². The van der Waals surface area contributed by atoms with Crippen LogP contribution in [0.2, 0.25) is 0 Å². The minimum atomic E-state index is -0.691. The first-order chi connectivity index (χ1) is 6.15. The Morgan fingerprint density at radius 3 is 2.92 bits per heavy atom. The lowest BCUT2D eigenvalue weighted by Gasteiger charge is -1.96. The van der Waals surface area contributed by atoms with Gasteiger partial charge in [-0.3, -0.25) is 10.1 Å². The Morgan fingerprint density at radius 1 is 1.69 bits per heavy atom. The van der Waals surface area contributed by atoms with Crippen molar-refractivity contribution in [3.05, 3.63) is 34.1 Å². The van der Waals surface area contributed by atoms with Gasteiger partial charge in [0.2, 0.25) is 0 Å². The van der Waals surface area contributed by atoms with Crippen LogP contribution in [0.15, 0.2) is 18.3 Å². The van der Waals surface area contributed by atoms with Crippen LogP contribution in [0.4, 0.5) is 5.69 Å². The first-order valence-corrected chi connectivity index (χ1v) is 3.34. The highest BCUT2D eigenvalue weighted by Gasteiger charge is 2.12. The number of carbonyl (C=O) groups excluding carboxylic acids is 1. The summed E-state index contributed by atoms with van der Waals surface area (Å²) >= 11 is 0. The molecule has 1 rings (SSSR count). The molecule has 0 amide bonds. The monoisotopic (exact) mass is 182 g/mol. The standard InChI is InChI=1S/C7H6N2O4/c1-13-7(10)6-4-5(9(11)12)2-3-8-6/h2-4H,1H3. The van der Waals surface area contributed by atoms with Gasteiger partial charge in [-0.25, -0.2) is 9.78 Å². The maximum absolute atomic E-state index is 10.9. The number of esters is 1. The Labute approximate surface area is 73.3 Å². The zero-order valence-corrected chi connectivity index (χ0v) is 6.76. The summed E-state index contributed by atoms with van der Waals surface area (Å²) in [5.41, 5.74) is -0.257. The summed E-state index contributed by atoms with van der Waals surface area (Å²) in [7, 11) is 1.18. The first-order valence-electron chi connectivity index (χ1n) is 3.34. The van der Waals surface area contributed by atoms with Crippen LogP contribution in [-0.2, 0) is 4.74 Å². The third kappa shape index (κ3) is 1.98. The molecule has 0 atom stereocenters. The predicted octanol–water partition coefficient (Wildman–Crippen LogP) is 0.776. The van der Waals surface area contributed by atoms with Gasteiger partial charge in [0.25, 0.3) is 5.69 Å². The molecule has 0 spiro atoms. The van der Waals surface area contributed by atoms with Crippen molar-refractivity contribution in [1.82, 2.24) is 4.98 Å². The first kappa shape index (κ1) is 9.11. The van der Waals surface area contributed by atoms with E-state index in [2.05, 4.69) is 9.72 Å². The van der Waals surface area contributed by atoms with Gasteiger partial charge in [0, 0.05) is 18.3 Å². The van der Waals surface area contributed by atoms with Crippen LogP contribution < -0.4 is 0 Å². The molecular formula is C7H6N2O4. The summed E-state index contributed by atoms with van der Waals surface area (Å²) in [6, 6.07) is 2.26. The smallest absolute Gasteiger partial charge is 0.356 e. The highest BCUT2D eigenvalue weighted by atomic mass is 16.6. The Bertz CT molecular complexity index is 350. The maximum Gasteiger partial charge on any atom is 0.356 e. The Hall–Kier alpha value is -1.98. The molecule has 6 nitrogen and oxygen atoms in total. The number of rotatable bonds is 2. The quantitative estimate of drug-likeness (QED) is 0.383. The molecule has 0 saturated heterocycles. The second-order valence-electron chi connectivity index (χ2n) is 2.15. The summed E-state index contributed by atoms with van der Waals surface area (Å²) in [5.74, 6) is -0.691. The molecule has 6 heteroatoms. The highest BCUT2D eigenvalue weighted by molar-refractivity contribution is 5.87. The number of carbonyl (C=O) groups is 1. The van der Waals surface area contributed by atoms with E-state index in [4.69, 9.17) is 0 Å². The maximum atomic E-state index is 10.9. The van der Waals surface area contributed by atoms with Crippen molar-refractivity contribution in [2.24, 2.45) is 0 Å². The molecule has 13 heavy (non-hydrogen) atoms. The fraction of sp³-hybridized carbons (Fsp3) is 0.143. The van der Waals surface area contributed by atoms with E-state index in [9.17, 15) is 14.9 Å². The molecule has 68 valence electrons. The second kappa shape index (κ2) is 3.61. The van der Waals surface area contributed by atoms with E-state index in [-0.39, 0.29) is 11.4 Å². The Balaban J connectivity index is 3.05. The van der Waals surface area contributed by atoms with E-state index in [1.807, 2.05) is 0 Å². The van der Waals surface area contributed by atoms with Crippen LogP contribution in [0.1, 0.15) is 10.5 Å². The number of ether oxygens (including phenoxy) is 1. The van der Waals surface area contributed by atoms with Crippen LogP contribution in [-0.4, -0.2) is 23.0 Å². The van der Waals surface area contributed by atoms with Crippen molar-refractivity contribution in [3.63, 3.8) is 0 Å². The van der Waals surface area contributed by atoms with Crippen LogP contribution in [0.3, 0.4) is 0 Å². The van der Waals surface area contributed by atoms with Gasteiger partial charge in [0.1, 0.15) is 0 Å². The Morgan fingerprint density at radius 2 is 2.38 bits per heavy atom. The van der Waals surface area contributed by atoms with Crippen LogP contribution in [0.25, 0.3) is 0 Å². The molecule has 0 N–H and O–H groups in total. The molecule has 0 aliphatic carbocycles. The van der Waals surface area contributed by atoms with Gasteiger partial charge in [-0.05, 0) is 0 Å². The third-order valence-corrected chi connectivity index (χ3v) is 1.35. The molecule has 0 fully saturated rings. The fourth-order valence-corrected chi connectivity index (χ4v) is 0.749. The van der Waals surface area contributed by atoms with Crippen molar-refractivity contribution in [2.45, 2.75) is 0 Å². The topological polar surface area (TPSA) is 82.3 Å². The van der Waals surface area contributed by atoms with Gasteiger partial charge >= 0.3 is 5.97 Å². The molecule has 1 heterocycles. The number of hydrogen-bond donors (Lipinski definition) is 0. The molecule has 0 aliphatic heterocycles. The van der Waals surface area contributed by atoms with Gasteiger partial charge in [0.05, 0.1) is 12.0 Å². The third-order valence-electron chi connectivity index (χ3n) is 1.35. The van der Waals surface area contributed by atoms with Crippen molar-refractivity contribution in [3.8, 4) is 0 Å². The summed E-state index contributed by atoms with van der Waals surface area (Å²) in [6.45, 7) is 0. The highest BCUT2D eigenvalue weighted by Crippen LogP contribution is 2.10. The van der Waals surface area contributed by atoms with E-state index >= 15 is 0 Å². The molecule has 0 aromatic carbocycles.